The second-order valence-electron chi connectivity index (χ2n) is 2.85. The normalized spacial score (nSPS) is 9.75. The smallest absolute Gasteiger partial charge is 0.356 e. The maximum absolute atomic E-state index is 10.5. The Morgan fingerprint density at radius 2 is 2.12 bits per heavy atom. The van der Waals surface area contributed by atoms with Crippen molar-refractivity contribution in [1.29, 1.82) is 0 Å². The van der Waals surface area contributed by atoms with E-state index in [2.05, 4.69) is 15.2 Å². The van der Waals surface area contributed by atoms with Crippen molar-refractivity contribution >= 4 is 5.97 Å². The Labute approximate surface area is 90.6 Å². The van der Waals surface area contributed by atoms with Crippen LogP contribution < -0.4 is 4.74 Å². The molecule has 0 aliphatic rings. The van der Waals surface area contributed by atoms with E-state index in [4.69, 9.17) is 9.84 Å². The van der Waals surface area contributed by atoms with Gasteiger partial charge in [0.05, 0.1) is 6.20 Å². The number of carbonyl (C=O) groups is 1. The quantitative estimate of drug-likeness (QED) is 0.835. The number of aromatic nitrogens is 3. The van der Waals surface area contributed by atoms with Crippen molar-refractivity contribution in [2.45, 2.75) is 0 Å². The molecule has 1 N–H and O–H groups in total. The summed E-state index contributed by atoms with van der Waals surface area (Å²) in [6.45, 7) is 0. The van der Waals surface area contributed by atoms with Gasteiger partial charge in [-0.1, -0.05) is 0 Å². The molecule has 2 aromatic rings. The minimum absolute atomic E-state index is 0.126. The predicted octanol–water partition coefficient (Wildman–Crippen LogP) is 1.36. The van der Waals surface area contributed by atoms with E-state index in [0.29, 0.717) is 5.75 Å². The molecule has 0 radical (unpaired) electrons. The van der Waals surface area contributed by atoms with Gasteiger partial charge in [0, 0.05) is 12.3 Å². The molecule has 0 aliphatic carbocycles. The molecule has 0 aliphatic heterocycles. The summed E-state index contributed by atoms with van der Waals surface area (Å²) in [7, 11) is 0. The van der Waals surface area contributed by atoms with Crippen LogP contribution in [0, 0.1) is 0 Å². The summed E-state index contributed by atoms with van der Waals surface area (Å²) in [6.07, 6.45) is 3.14. The second kappa shape index (κ2) is 4.35. The molecule has 2 heterocycles. The Bertz CT molecular complexity index is 484. The monoisotopic (exact) mass is 217 g/mol. The third kappa shape index (κ3) is 2.30. The Morgan fingerprint density at radius 3 is 2.69 bits per heavy atom. The highest BCUT2D eigenvalue weighted by molar-refractivity contribution is 5.84. The first kappa shape index (κ1) is 10.0. The van der Waals surface area contributed by atoms with Crippen LogP contribution in [0.25, 0.3) is 0 Å². The highest BCUT2D eigenvalue weighted by Crippen LogP contribution is 2.16. The lowest BCUT2D eigenvalue weighted by molar-refractivity contribution is 0.0689. The van der Waals surface area contributed by atoms with Crippen LogP contribution in [-0.4, -0.2) is 26.3 Å². The molecule has 0 amide bonds. The number of hydrogen-bond donors (Lipinski definition) is 1. The number of carboxylic acids is 1. The molecule has 6 nitrogen and oxygen atoms in total. The van der Waals surface area contributed by atoms with Gasteiger partial charge in [-0.25, -0.2) is 4.79 Å². The van der Waals surface area contributed by atoms with E-state index in [9.17, 15) is 4.79 Å². The second-order valence-corrected chi connectivity index (χ2v) is 2.85. The van der Waals surface area contributed by atoms with Crippen molar-refractivity contribution in [2.24, 2.45) is 0 Å². The molecular formula is C10H7N3O3. The Kier molecular flexibility index (Phi) is 2.73. The van der Waals surface area contributed by atoms with Crippen molar-refractivity contribution in [3.05, 3.63) is 42.4 Å². The van der Waals surface area contributed by atoms with Gasteiger partial charge < -0.3 is 9.84 Å². The molecule has 0 unspecified atom stereocenters. The summed E-state index contributed by atoms with van der Waals surface area (Å²) in [6, 6.07) is 6.18. The Morgan fingerprint density at radius 1 is 1.25 bits per heavy atom. The molecule has 0 aromatic carbocycles. The molecule has 0 fully saturated rings. The van der Waals surface area contributed by atoms with E-state index in [1.165, 1.54) is 18.3 Å². The van der Waals surface area contributed by atoms with E-state index in [-0.39, 0.29) is 11.6 Å². The number of pyridine rings is 1. The zero-order chi connectivity index (χ0) is 11.4. The fourth-order valence-corrected chi connectivity index (χ4v) is 1.02. The largest absolute Gasteiger partial charge is 0.476 e. The molecule has 2 aromatic heterocycles. The molecule has 80 valence electrons. The predicted molar refractivity (Wildman–Crippen MR) is 53.3 cm³/mol. The average Bonchev–Trinajstić information content (AvgIpc) is 2.31. The molecule has 2 rings (SSSR count). The summed E-state index contributed by atoms with van der Waals surface area (Å²) in [5.41, 5.74) is -0.126. The van der Waals surface area contributed by atoms with Crippen molar-refractivity contribution in [3.63, 3.8) is 0 Å². The number of carboxylic acid groups (broad SMARTS) is 1. The number of ether oxygens (including phenoxy) is 1. The minimum atomic E-state index is -1.12. The Balaban J connectivity index is 2.14. The number of nitrogens with zero attached hydrogens (tertiary/aromatic N) is 3. The summed E-state index contributed by atoms with van der Waals surface area (Å²) in [4.78, 5) is 14.4. The standard InChI is InChI=1S/C10H7N3O3/c14-10(15)8-3-4-9(13-12-8)16-7-2-1-5-11-6-7/h1-6H,(H,14,15). The highest BCUT2D eigenvalue weighted by Gasteiger charge is 2.05. The topological polar surface area (TPSA) is 85.2 Å². The van der Waals surface area contributed by atoms with Crippen LogP contribution in [0.3, 0.4) is 0 Å². The van der Waals surface area contributed by atoms with Crippen LogP contribution in [-0.2, 0) is 0 Å². The molecule has 0 saturated carbocycles. The first-order valence-corrected chi connectivity index (χ1v) is 4.40. The average molecular weight is 217 g/mol. The maximum Gasteiger partial charge on any atom is 0.356 e. The number of aromatic carboxylic acids is 1. The molecule has 0 spiro atoms. The van der Waals surface area contributed by atoms with Gasteiger partial charge in [-0.05, 0) is 18.2 Å². The summed E-state index contributed by atoms with van der Waals surface area (Å²) in [5.74, 6) is -0.390. The van der Waals surface area contributed by atoms with Crippen molar-refractivity contribution in [1.82, 2.24) is 15.2 Å². The van der Waals surface area contributed by atoms with E-state index in [0.717, 1.165) is 0 Å². The fraction of sp³-hybridized carbons (Fsp3) is 0. The van der Waals surface area contributed by atoms with Gasteiger partial charge in [-0.15, -0.1) is 10.2 Å². The van der Waals surface area contributed by atoms with Crippen LogP contribution in [0.4, 0.5) is 0 Å². The van der Waals surface area contributed by atoms with Crippen LogP contribution in [0.5, 0.6) is 11.6 Å². The van der Waals surface area contributed by atoms with Gasteiger partial charge >= 0.3 is 5.97 Å². The minimum Gasteiger partial charge on any atom is -0.476 e. The van der Waals surface area contributed by atoms with Crippen LogP contribution in [0.2, 0.25) is 0 Å². The first-order chi connectivity index (χ1) is 7.75. The first-order valence-electron chi connectivity index (χ1n) is 4.40. The van der Waals surface area contributed by atoms with E-state index in [1.807, 2.05) is 0 Å². The van der Waals surface area contributed by atoms with Gasteiger partial charge in [-0.3, -0.25) is 4.98 Å². The van der Waals surface area contributed by atoms with Crippen molar-refractivity contribution in [3.8, 4) is 11.6 Å². The number of hydrogen-bond acceptors (Lipinski definition) is 5. The zero-order valence-corrected chi connectivity index (χ0v) is 8.07. The van der Waals surface area contributed by atoms with Crippen molar-refractivity contribution < 1.29 is 14.6 Å². The fourth-order valence-electron chi connectivity index (χ4n) is 1.02. The molecule has 0 saturated heterocycles. The van der Waals surface area contributed by atoms with Gasteiger partial charge in [0.1, 0.15) is 5.75 Å². The molecular weight excluding hydrogens is 210 g/mol. The summed E-state index contributed by atoms with van der Waals surface area (Å²) >= 11 is 0. The SMILES string of the molecule is O=C(O)c1ccc(Oc2cccnc2)nn1. The zero-order valence-electron chi connectivity index (χ0n) is 8.07. The van der Waals surface area contributed by atoms with Gasteiger partial charge in [0.15, 0.2) is 5.69 Å². The van der Waals surface area contributed by atoms with Crippen LogP contribution >= 0.6 is 0 Å². The third-order valence-corrected chi connectivity index (χ3v) is 1.72. The maximum atomic E-state index is 10.5. The Hall–Kier alpha value is -2.50. The lowest BCUT2D eigenvalue weighted by Crippen LogP contribution is -2.02. The molecule has 0 bridgehead atoms. The highest BCUT2D eigenvalue weighted by atomic mass is 16.5. The van der Waals surface area contributed by atoms with Crippen LogP contribution in [0.1, 0.15) is 10.5 Å². The van der Waals surface area contributed by atoms with Gasteiger partial charge in [-0.2, -0.15) is 0 Å². The van der Waals surface area contributed by atoms with E-state index < -0.39 is 5.97 Å². The summed E-state index contributed by atoms with van der Waals surface area (Å²) < 4.78 is 5.28. The molecule has 6 heteroatoms. The number of rotatable bonds is 3. The third-order valence-electron chi connectivity index (χ3n) is 1.72. The summed E-state index contributed by atoms with van der Waals surface area (Å²) in [5, 5.41) is 15.7. The van der Waals surface area contributed by atoms with Crippen molar-refractivity contribution in [2.75, 3.05) is 0 Å². The molecule has 16 heavy (non-hydrogen) atoms. The van der Waals surface area contributed by atoms with Gasteiger partial charge in [0.25, 0.3) is 0 Å². The van der Waals surface area contributed by atoms with Crippen LogP contribution in [0.15, 0.2) is 36.7 Å². The van der Waals surface area contributed by atoms with E-state index >= 15 is 0 Å². The molecule has 0 atom stereocenters. The lowest BCUT2D eigenvalue weighted by atomic mass is 10.4. The lowest BCUT2D eigenvalue weighted by Gasteiger charge is -2.02. The van der Waals surface area contributed by atoms with Gasteiger partial charge in [0.2, 0.25) is 5.88 Å². The van der Waals surface area contributed by atoms with E-state index in [1.54, 1.807) is 18.3 Å².